The van der Waals surface area contributed by atoms with Crippen molar-refractivity contribution in [2.24, 2.45) is 0 Å². The topological polar surface area (TPSA) is 65.5 Å². The number of aromatic hydroxyl groups is 1. The van der Waals surface area contributed by atoms with Crippen molar-refractivity contribution >= 4 is 11.6 Å². The third-order valence-electron chi connectivity index (χ3n) is 6.02. The maximum atomic E-state index is 12.9. The molecule has 0 spiro atoms. The molecule has 2 aliphatic rings. The number of anilines is 1. The molecule has 7 nitrogen and oxygen atoms in total. The third kappa shape index (κ3) is 4.16. The Morgan fingerprint density at radius 2 is 1.63 bits per heavy atom. The van der Waals surface area contributed by atoms with Gasteiger partial charge in [-0.05, 0) is 41.8 Å². The molecule has 0 atom stereocenters. The van der Waals surface area contributed by atoms with Crippen LogP contribution in [0.15, 0.2) is 36.4 Å². The van der Waals surface area contributed by atoms with Crippen molar-refractivity contribution in [3.63, 3.8) is 0 Å². The van der Waals surface area contributed by atoms with E-state index in [2.05, 4.69) is 9.80 Å². The zero-order valence-corrected chi connectivity index (χ0v) is 17.6. The number of phenols is 1. The van der Waals surface area contributed by atoms with Crippen molar-refractivity contribution in [1.29, 1.82) is 0 Å². The van der Waals surface area contributed by atoms with E-state index in [1.165, 1.54) is 5.56 Å². The molecule has 30 heavy (non-hydrogen) atoms. The molecule has 2 heterocycles. The normalized spacial score (nSPS) is 16.9. The Balaban J connectivity index is 1.34. The van der Waals surface area contributed by atoms with Gasteiger partial charge in [-0.1, -0.05) is 12.1 Å². The average molecular weight is 412 g/mol. The summed E-state index contributed by atoms with van der Waals surface area (Å²) < 4.78 is 10.8. The number of nitrogens with zero attached hydrogens (tertiary/aromatic N) is 3. The van der Waals surface area contributed by atoms with Gasteiger partial charge >= 0.3 is 0 Å². The summed E-state index contributed by atoms with van der Waals surface area (Å²) in [5.41, 5.74) is 3.20. The molecule has 0 radical (unpaired) electrons. The molecular formula is C23H29N3O4. The van der Waals surface area contributed by atoms with Crippen molar-refractivity contribution in [1.82, 2.24) is 9.80 Å². The number of methoxy groups -OCH3 is 2. The summed E-state index contributed by atoms with van der Waals surface area (Å²) in [7, 11) is 3.27. The zero-order valence-electron chi connectivity index (χ0n) is 17.6. The van der Waals surface area contributed by atoms with Crippen LogP contribution in [0.3, 0.4) is 0 Å². The second kappa shape index (κ2) is 8.83. The number of para-hydroxylation sites is 2. The molecule has 7 heteroatoms. The van der Waals surface area contributed by atoms with E-state index >= 15 is 0 Å². The molecule has 1 saturated heterocycles. The van der Waals surface area contributed by atoms with Crippen LogP contribution in [0.2, 0.25) is 0 Å². The van der Waals surface area contributed by atoms with Crippen LogP contribution in [0.5, 0.6) is 17.2 Å². The molecule has 160 valence electrons. The van der Waals surface area contributed by atoms with Gasteiger partial charge in [0.1, 0.15) is 5.75 Å². The standard InChI is InChI=1S/C23H29N3O4/c1-29-21-13-17-7-8-26(15-18(17)14-22(21)30-2)23(28)16-24-9-11-25(12-10-24)19-5-3-4-6-20(19)27/h3-6,13-14,27H,7-12,15-16H2,1-2H3. The van der Waals surface area contributed by atoms with Gasteiger partial charge in [0.2, 0.25) is 5.91 Å². The lowest BCUT2D eigenvalue weighted by molar-refractivity contribution is -0.133. The fourth-order valence-electron chi connectivity index (χ4n) is 4.27. The number of fused-ring (bicyclic) bond motifs is 1. The highest BCUT2D eigenvalue weighted by molar-refractivity contribution is 5.78. The predicted molar refractivity (Wildman–Crippen MR) is 115 cm³/mol. The number of hydrogen-bond donors (Lipinski definition) is 1. The van der Waals surface area contributed by atoms with Crippen LogP contribution in [-0.2, 0) is 17.8 Å². The Bertz CT molecular complexity index is 909. The highest BCUT2D eigenvalue weighted by Crippen LogP contribution is 2.33. The first kappa shape index (κ1) is 20.3. The molecular weight excluding hydrogens is 382 g/mol. The Labute approximate surface area is 177 Å². The minimum atomic E-state index is 0.159. The first-order chi connectivity index (χ1) is 14.6. The second-order valence-electron chi connectivity index (χ2n) is 7.79. The molecule has 2 aromatic carbocycles. The Morgan fingerprint density at radius 1 is 0.967 bits per heavy atom. The lowest BCUT2D eigenvalue weighted by Crippen LogP contribution is -2.50. The highest BCUT2D eigenvalue weighted by atomic mass is 16.5. The number of ether oxygens (including phenoxy) is 2. The van der Waals surface area contributed by atoms with E-state index < -0.39 is 0 Å². The summed E-state index contributed by atoms with van der Waals surface area (Å²) in [6.07, 6.45) is 0.822. The van der Waals surface area contributed by atoms with E-state index in [1.807, 2.05) is 35.2 Å². The molecule has 4 rings (SSSR count). The quantitative estimate of drug-likeness (QED) is 0.813. The molecule has 0 aromatic heterocycles. The monoisotopic (exact) mass is 411 g/mol. The van der Waals surface area contributed by atoms with E-state index in [4.69, 9.17) is 9.47 Å². The minimum absolute atomic E-state index is 0.159. The van der Waals surface area contributed by atoms with Gasteiger partial charge in [-0.3, -0.25) is 9.69 Å². The second-order valence-corrected chi connectivity index (χ2v) is 7.79. The molecule has 2 aliphatic heterocycles. The van der Waals surface area contributed by atoms with Crippen LogP contribution in [0.25, 0.3) is 0 Å². The van der Waals surface area contributed by atoms with Gasteiger partial charge in [0.15, 0.2) is 11.5 Å². The maximum absolute atomic E-state index is 12.9. The van der Waals surface area contributed by atoms with Gasteiger partial charge in [0.25, 0.3) is 0 Å². The molecule has 1 N–H and O–H groups in total. The van der Waals surface area contributed by atoms with Crippen molar-refractivity contribution in [3.8, 4) is 17.2 Å². The van der Waals surface area contributed by atoms with Crippen molar-refractivity contribution in [2.75, 3.05) is 58.4 Å². The third-order valence-corrected chi connectivity index (χ3v) is 6.02. The predicted octanol–water partition coefficient (Wildman–Crippen LogP) is 2.12. The van der Waals surface area contributed by atoms with Crippen molar-refractivity contribution in [2.45, 2.75) is 13.0 Å². The van der Waals surface area contributed by atoms with Crippen molar-refractivity contribution < 1.29 is 19.4 Å². The van der Waals surface area contributed by atoms with Crippen LogP contribution >= 0.6 is 0 Å². The SMILES string of the molecule is COc1cc2c(cc1OC)CN(C(=O)CN1CCN(c3ccccc3O)CC1)CC2. The summed E-state index contributed by atoms with van der Waals surface area (Å²) in [5, 5.41) is 10.1. The van der Waals surface area contributed by atoms with E-state index in [0.29, 0.717) is 24.6 Å². The fraction of sp³-hybridized carbons (Fsp3) is 0.435. The van der Waals surface area contributed by atoms with Gasteiger partial charge in [0, 0.05) is 39.3 Å². The van der Waals surface area contributed by atoms with Gasteiger partial charge in [-0.2, -0.15) is 0 Å². The maximum Gasteiger partial charge on any atom is 0.237 e. The largest absolute Gasteiger partial charge is 0.506 e. The average Bonchev–Trinajstić information content (AvgIpc) is 2.78. The van der Waals surface area contributed by atoms with Crippen LogP contribution in [0, 0.1) is 0 Å². The lowest BCUT2D eigenvalue weighted by Gasteiger charge is -2.37. The number of piperazine rings is 1. The number of rotatable bonds is 5. The van der Waals surface area contributed by atoms with Crippen LogP contribution in [0.1, 0.15) is 11.1 Å². The number of carbonyl (C=O) groups is 1. The molecule has 0 bridgehead atoms. The van der Waals surface area contributed by atoms with Crippen LogP contribution < -0.4 is 14.4 Å². The van der Waals surface area contributed by atoms with Gasteiger partial charge in [-0.25, -0.2) is 0 Å². The number of amides is 1. The number of carbonyl (C=O) groups excluding carboxylic acids is 1. The number of benzene rings is 2. The first-order valence-corrected chi connectivity index (χ1v) is 10.4. The van der Waals surface area contributed by atoms with Gasteiger partial charge in [-0.15, -0.1) is 0 Å². The Kier molecular flexibility index (Phi) is 5.99. The molecule has 2 aromatic rings. The van der Waals surface area contributed by atoms with E-state index in [0.717, 1.165) is 56.1 Å². The summed E-state index contributed by atoms with van der Waals surface area (Å²) in [5.74, 6) is 1.90. The van der Waals surface area contributed by atoms with Crippen LogP contribution in [0.4, 0.5) is 5.69 Å². The zero-order chi connectivity index (χ0) is 21.1. The van der Waals surface area contributed by atoms with Crippen LogP contribution in [-0.4, -0.2) is 74.3 Å². The van der Waals surface area contributed by atoms with E-state index in [-0.39, 0.29) is 5.91 Å². The molecule has 1 amide bonds. The lowest BCUT2D eigenvalue weighted by atomic mass is 9.98. The van der Waals surface area contributed by atoms with E-state index in [1.54, 1.807) is 20.3 Å². The minimum Gasteiger partial charge on any atom is -0.506 e. The molecule has 1 fully saturated rings. The summed E-state index contributed by atoms with van der Waals surface area (Å²) in [6, 6.07) is 11.4. The summed E-state index contributed by atoms with van der Waals surface area (Å²) in [6.45, 7) is 4.95. The Morgan fingerprint density at radius 3 is 2.30 bits per heavy atom. The first-order valence-electron chi connectivity index (χ1n) is 10.4. The highest BCUT2D eigenvalue weighted by Gasteiger charge is 2.26. The summed E-state index contributed by atoms with van der Waals surface area (Å²) >= 11 is 0. The summed E-state index contributed by atoms with van der Waals surface area (Å²) in [4.78, 5) is 19.2. The fourth-order valence-corrected chi connectivity index (χ4v) is 4.27. The number of phenolic OH excluding ortho intramolecular Hbond substituents is 1. The Hall–Kier alpha value is -2.93. The number of hydrogen-bond acceptors (Lipinski definition) is 6. The molecule has 0 aliphatic carbocycles. The van der Waals surface area contributed by atoms with Gasteiger partial charge in [0.05, 0.1) is 26.5 Å². The molecule has 0 unspecified atom stereocenters. The smallest absolute Gasteiger partial charge is 0.237 e. The molecule has 0 saturated carbocycles. The van der Waals surface area contributed by atoms with Gasteiger partial charge < -0.3 is 24.4 Å². The van der Waals surface area contributed by atoms with Crippen molar-refractivity contribution in [3.05, 3.63) is 47.5 Å². The van der Waals surface area contributed by atoms with E-state index in [9.17, 15) is 9.90 Å².